The van der Waals surface area contributed by atoms with Gasteiger partial charge in [-0.05, 0) is 270 Å². The van der Waals surface area contributed by atoms with Crippen LogP contribution in [-0.2, 0) is 32.5 Å². The highest BCUT2D eigenvalue weighted by Gasteiger charge is 2.46. The number of furan rings is 3. The Morgan fingerprint density at radius 2 is 0.483 bits per heavy atom. The quantitative estimate of drug-likeness (QED) is 0.159. The second kappa shape index (κ2) is 22.9. The van der Waals surface area contributed by atoms with Crippen LogP contribution < -0.4 is 4.90 Å². The summed E-state index contributed by atoms with van der Waals surface area (Å²) in [5.41, 5.74) is 48.0. The van der Waals surface area contributed by atoms with Crippen LogP contribution >= 0.6 is 0 Å². The van der Waals surface area contributed by atoms with Crippen molar-refractivity contribution in [2.45, 2.75) is 116 Å². The van der Waals surface area contributed by atoms with Gasteiger partial charge in [0.05, 0.1) is 11.1 Å². The van der Waals surface area contributed by atoms with Gasteiger partial charge in [-0.1, -0.05) is 277 Å². The molecule has 6 aliphatic carbocycles. The fraction of sp³-hybridized carbons (Fsp3) is 0.158. The summed E-state index contributed by atoms with van der Waals surface area (Å²) in [6.45, 7) is 28.9. The first-order valence-corrected chi connectivity index (χ1v) is 42.1. The summed E-state index contributed by atoms with van der Waals surface area (Å²) in [5, 5.41) is 6.71. The molecule has 0 aliphatic heterocycles. The predicted molar refractivity (Wildman–Crippen MR) is 490 cm³/mol. The minimum atomic E-state index is -0.449. The first-order chi connectivity index (χ1) is 57.0. The molecule has 19 aromatic rings. The van der Waals surface area contributed by atoms with Crippen molar-refractivity contribution in [3.63, 3.8) is 0 Å². The Hall–Kier alpha value is -13.3. The zero-order chi connectivity index (χ0) is 79.5. The van der Waals surface area contributed by atoms with Gasteiger partial charge in [0.15, 0.2) is 0 Å². The molecule has 0 spiro atoms. The lowest BCUT2D eigenvalue weighted by Gasteiger charge is -2.30. The van der Waals surface area contributed by atoms with Crippen molar-refractivity contribution in [3.05, 3.63) is 364 Å². The standard InChI is InChI=1S/C114H85NO3/c1-109(2)85-29-18-13-24-70(85)72-44-36-62(52-87(72)109)64-38-46-74-76-48-40-66(56-91(76)111(5,6)89(74)54-64)83-60-95-102(105-81-27-16-21-33-99(81)117-107(83)105)78-50-42-68(58-93(78)113(95,9)10)115(97-31-23-35-101-104(97)80-26-15-20-32-98(80)116-101)69-43-51-79-94(59-69)114(11,12)96-61-84(108-106(103(79)96)82-28-17-22-34-100(82)118-108)67-41-49-77-75-47-39-65(55-90(75)112(7,8)92(77)57-67)63-37-45-73-71-25-14-19-30-86(71)110(3,4)88(73)53-63/h13-61H,1-12H3. The van der Waals surface area contributed by atoms with Crippen molar-refractivity contribution in [2.24, 2.45) is 0 Å². The minimum absolute atomic E-state index is 0.0806. The van der Waals surface area contributed by atoms with Crippen LogP contribution in [0.15, 0.2) is 311 Å². The number of rotatable bonds is 7. The summed E-state index contributed by atoms with van der Waals surface area (Å²) >= 11 is 0. The third-order valence-electron chi connectivity index (χ3n) is 29.5. The largest absolute Gasteiger partial charge is 0.456 e. The zero-order valence-electron chi connectivity index (χ0n) is 68.5. The molecule has 25 rings (SSSR count). The Labute approximate surface area is 687 Å². The van der Waals surface area contributed by atoms with Gasteiger partial charge in [-0.25, -0.2) is 0 Å². The van der Waals surface area contributed by atoms with Gasteiger partial charge in [-0.2, -0.15) is 0 Å². The number of anilines is 3. The molecule has 4 heteroatoms. The Kier molecular flexibility index (Phi) is 13.2. The lowest BCUT2D eigenvalue weighted by molar-refractivity contribution is 0.656. The van der Waals surface area contributed by atoms with Crippen molar-refractivity contribution in [1.82, 2.24) is 0 Å². The maximum atomic E-state index is 7.25. The molecule has 0 fully saturated rings. The fourth-order valence-corrected chi connectivity index (χ4v) is 23.2. The Bertz CT molecular complexity index is 7410. The average molecular weight is 1520 g/mol. The maximum absolute atomic E-state index is 7.25. The lowest BCUT2D eigenvalue weighted by atomic mass is 9.79. The van der Waals surface area contributed by atoms with E-state index in [4.69, 9.17) is 13.3 Å². The molecule has 118 heavy (non-hydrogen) atoms. The van der Waals surface area contributed by atoms with E-state index in [0.717, 1.165) is 105 Å². The molecule has 0 saturated carbocycles. The van der Waals surface area contributed by atoms with Crippen molar-refractivity contribution in [2.75, 3.05) is 4.90 Å². The minimum Gasteiger partial charge on any atom is -0.456 e. The summed E-state index contributed by atoms with van der Waals surface area (Å²) < 4.78 is 21.3. The monoisotopic (exact) mass is 1520 g/mol. The van der Waals surface area contributed by atoms with Gasteiger partial charge >= 0.3 is 0 Å². The molecule has 0 bridgehead atoms. The molecule has 0 unspecified atom stereocenters. The molecular formula is C114H85NO3. The molecule has 0 saturated heterocycles. The molecule has 0 radical (unpaired) electrons. The van der Waals surface area contributed by atoms with Crippen LogP contribution in [0.2, 0.25) is 0 Å². The summed E-state index contributed by atoms with van der Waals surface area (Å²) in [6.07, 6.45) is 0. The van der Waals surface area contributed by atoms with Gasteiger partial charge in [0.2, 0.25) is 0 Å². The molecule has 0 atom stereocenters. The van der Waals surface area contributed by atoms with E-state index in [1.165, 1.54) is 156 Å². The molecule has 0 N–H and O–H groups in total. The Morgan fingerprint density at radius 1 is 0.195 bits per heavy atom. The fourth-order valence-electron chi connectivity index (χ4n) is 23.2. The number of para-hydroxylation sites is 3. The summed E-state index contributed by atoms with van der Waals surface area (Å²) in [7, 11) is 0. The van der Waals surface area contributed by atoms with E-state index in [-0.39, 0.29) is 21.7 Å². The maximum Gasteiger partial charge on any atom is 0.143 e. The van der Waals surface area contributed by atoms with Crippen LogP contribution in [0.1, 0.15) is 150 Å². The molecule has 16 aromatic carbocycles. The van der Waals surface area contributed by atoms with Crippen LogP contribution in [0.5, 0.6) is 0 Å². The highest BCUT2D eigenvalue weighted by Crippen LogP contribution is 2.63. The first-order valence-electron chi connectivity index (χ1n) is 42.1. The van der Waals surface area contributed by atoms with Crippen LogP contribution in [0.3, 0.4) is 0 Å². The third kappa shape index (κ3) is 8.79. The average Bonchev–Trinajstić information content (AvgIpc) is 1.53. The molecule has 564 valence electrons. The Balaban J connectivity index is 0.601. The number of hydrogen-bond donors (Lipinski definition) is 0. The molecule has 3 aromatic heterocycles. The molecule has 4 nitrogen and oxygen atoms in total. The molecule has 0 amide bonds. The number of hydrogen-bond acceptors (Lipinski definition) is 4. The van der Waals surface area contributed by atoms with Crippen LogP contribution in [0, 0.1) is 0 Å². The van der Waals surface area contributed by atoms with Crippen molar-refractivity contribution in [1.29, 1.82) is 0 Å². The van der Waals surface area contributed by atoms with Gasteiger partial charge in [-0.3, -0.25) is 0 Å². The summed E-state index contributed by atoms with van der Waals surface area (Å²) in [5.74, 6) is 0. The van der Waals surface area contributed by atoms with E-state index in [1.54, 1.807) is 0 Å². The highest BCUT2D eigenvalue weighted by atomic mass is 16.3. The van der Waals surface area contributed by atoms with Gasteiger partial charge in [0.1, 0.15) is 33.5 Å². The van der Waals surface area contributed by atoms with E-state index < -0.39 is 10.8 Å². The topological polar surface area (TPSA) is 42.7 Å². The number of benzene rings is 16. The van der Waals surface area contributed by atoms with Crippen molar-refractivity contribution < 1.29 is 13.3 Å². The SMILES string of the molecule is CC1(C)c2ccccc2-c2ccc(-c3ccc4c(c3)C(C)(C)c3cc(-c5cc6c(c7c5oc5ccccc57)-c5ccc(N(c7ccc8c(c7)C(C)(C)c7cc(-c9ccc%10c(c9)C(C)(C)c9cc(-c%11ccc%12c(c%11)C(C)(C)c%11ccccc%11-%12)ccc9-%10)c9oc%10ccccc%10c9c7-8)c7cccc8oc9ccccc9c78)cc5C6(C)C)ccc3-4)cc21. The summed E-state index contributed by atoms with van der Waals surface area (Å²) in [6, 6.07) is 113. The van der Waals surface area contributed by atoms with E-state index in [0.29, 0.717) is 0 Å². The van der Waals surface area contributed by atoms with Gasteiger partial charge in [0, 0.05) is 81.9 Å². The molecule has 3 heterocycles. The van der Waals surface area contributed by atoms with Crippen LogP contribution in [-0.4, -0.2) is 0 Å². The van der Waals surface area contributed by atoms with Crippen LogP contribution in [0.4, 0.5) is 17.1 Å². The molecular weight excluding hydrogens is 1430 g/mol. The van der Waals surface area contributed by atoms with Crippen molar-refractivity contribution in [3.8, 4) is 111 Å². The van der Waals surface area contributed by atoms with Gasteiger partial charge < -0.3 is 18.2 Å². The van der Waals surface area contributed by atoms with E-state index >= 15 is 0 Å². The van der Waals surface area contributed by atoms with Crippen molar-refractivity contribution >= 4 is 82.9 Å². The lowest BCUT2D eigenvalue weighted by Crippen LogP contribution is -2.18. The normalized spacial score (nSPS) is 16.0. The van der Waals surface area contributed by atoms with E-state index in [2.05, 4.69) is 385 Å². The second-order valence-electron chi connectivity index (χ2n) is 37.7. The second-order valence-corrected chi connectivity index (χ2v) is 37.7. The van der Waals surface area contributed by atoms with E-state index in [1.807, 2.05) is 0 Å². The molecule has 6 aliphatic rings. The Morgan fingerprint density at radius 3 is 0.881 bits per heavy atom. The third-order valence-corrected chi connectivity index (χ3v) is 29.5. The number of nitrogens with zero attached hydrogens (tertiary/aromatic N) is 1. The smallest absolute Gasteiger partial charge is 0.143 e. The first kappa shape index (κ1) is 68.0. The van der Waals surface area contributed by atoms with Crippen LogP contribution in [0.25, 0.3) is 177 Å². The van der Waals surface area contributed by atoms with Gasteiger partial charge in [-0.15, -0.1) is 0 Å². The summed E-state index contributed by atoms with van der Waals surface area (Å²) in [4.78, 5) is 2.52. The number of fused-ring (bicyclic) bond motifs is 29. The predicted octanol–water partition coefficient (Wildman–Crippen LogP) is 31.4. The highest BCUT2D eigenvalue weighted by molar-refractivity contribution is 6.21. The zero-order valence-corrected chi connectivity index (χ0v) is 68.5. The van der Waals surface area contributed by atoms with E-state index in [9.17, 15) is 0 Å². The van der Waals surface area contributed by atoms with Gasteiger partial charge in [0.25, 0.3) is 0 Å².